The Labute approximate surface area is 132 Å². The molecule has 0 aliphatic carbocycles. The van der Waals surface area contributed by atoms with Gasteiger partial charge in [-0.15, -0.1) is 11.3 Å². The molecule has 0 aromatic carbocycles. The van der Waals surface area contributed by atoms with Gasteiger partial charge in [0.05, 0.1) is 17.7 Å². The molecule has 0 atom stereocenters. The van der Waals surface area contributed by atoms with Crippen LogP contribution in [0.4, 0.5) is 0 Å². The van der Waals surface area contributed by atoms with E-state index in [0.29, 0.717) is 16.4 Å². The number of amides is 1. The molecular formula is C15H18N2O4S. The number of thiazole rings is 1. The van der Waals surface area contributed by atoms with E-state index in [-0.39, 0.29) is 23.9 Å². The van der Waals surface area contributed by atoms with Crippen LogP contribution in [0.3, 0.4) is 0 Å². The van der Waals surface area contributed by atoms with Crippen molar-refractivity contribution in [3.05, 3.63) is 39.2 Å². The average molecular weight is 322 g/mol. The zero-order valence-corrected chi connectivity index (χ0v) is 13.7. The molecule has 0 aliphatic heterocycles. The Hall–Kier alpha value is -2.15. The van der Waals surface area contributed by atoms with Gasteiger partial charge < -0.3 is 14.4 Å². The Morgan fingerprint density at radius 2 is 2.14 bits per heavy atom. The summed E-state index contributed by atoms with van der Waals surface area (Å²) in [6.07, 6.45) is 1.58. The maximum Gasteiger partial charge on any atom is 0.339 e. The summed E-state index contributed by atoms with van der Waals surface area (Å²) in [6.45, 7) is 5.85. The van der Waals surface area contributed by atoms with Gasteiger partial charge in [0.2, 0.25) is 0 Å². The largest absolute Gasteiger partial charge is 0.478 e. The number of carboxylic acids is 1. The number of carboxylic acid groups (broad SMARTS) is 1. The minimum atomic E-state index is -1.04. The van der Waals surface area contributed by atoms with Crippen LogP contribution >= 0.6 is 11.3 Å². The van der Waals surface area contributed by atoms with E-state index in [1.54, 1.807) is 20.2 Å². The van der Waals surface area contributed by atoms with E-state index in [1.807, 2.05) is 13.8 Å². The van der Waals surface area contributed by atoms with Gasteiger partial charge in [0.15, 0.2) is 0 Å². The molecule has 0 saturated carbocycles. The number of carbonyl (C=O) groups is 2. The van der Waals surface area contributed by atoms with Gasteiger partial charge in [-0.2, -0.15) is 0 Å². The Balaban J connectivity index is 2.10. The molecule has 7 heteroatoms. The van der Waals surface area contributed by atoms with E-state index in [0.717, 1.165) is 5.01 Å². The molecule has 0 saturated heterocycles. The maximum atomic E-state index is 12.3. The van der Waals surface area contributed by atoms with Crippen molar-refractivity contribution in [1.29, 1.82) is 0 Å². The highest BCUT2D eigenvalue weighted by molar-refractivity contribution is 7.13. The molecule has 2 heterocycles. The molecule has 1 amide bonds. The standard InChI is InChI=1S/C15H18N2O4S/c1-8(2)13-16-6-12(22-13)14(18)17(4)7-10-5-11(15(19)20)9(3)21-10/h5-6,8H,7H2,1-4H3,(H,19,20). The van der Waals surface area contributed by atoms with Crippen molar-refractivity contribution in [3.63, 3.8) is 0 Å². The van der Waals surface area contributed by atoms with E-state index >= 15 is 0 Å². The second-order valence-corrected chi connectivity index (χ2v) is 6.43. The lowest BCUT2D eigenvalue weighted by Gasteiger charge is -2.14. The molecule has 2 aromatic heterocycles. The zero-order chi connectivity index (χ0) is 16.4. The van der Waals surface area contributed by atoms with E-state index in [1.165, 1.54) is 22.3 Å². The SMILES string of the molecule is Cc1oc(CN(C)C(=O)c2cnc(C(C)C)s2)cc1C(=O)O. The van der Waals surface area contributed by atoms with E-state index in [4.69, 9.17) is 9.52 Å². The van der Waals surface area contributed by atoms with E-state index in [9.17, 15) is 9.59 Å². The first-order valence-corrected chi connectivity index (χ1v) is 7.65. The van der Waals surface area contributed by atoms with Crippen molar-refractivity contribution >= 4 is 23.2 Å². The van der Waals surface area contributed by atoms with Gasteiger partial charge in [0.25, 0.3) is 5.91 Å². The second kappa shape index (κ2) is 6.31. The van der Waals surface area contributed by atoms with Gasteiger partial charge >= 0.3 is 5.97 Å². The van der Waals surface area contributed by atoms with Crippen LogP contribution in [0, 0.1) is 6.92 Å². The fourth-order valence-electron chi connectivity index (χ4n) is 1.98. The number of furan rings is 1. The predicted octanol–water partition coefficient (Wildman–Crippen LogP) is 3.14. The van der Waals surface area contributed by atoms with Crippen molar-refractivity contribution in [1.82, 2.24) is 9.88 Å². The molecule has 0 bridgehead atoms. The summed E-state index contributed by atoms with van der Waals surface area (Å²) in [5.41, 5.74) is 0.121. The topological polar surface area (TPSA) is 83.6 Å². The first-order valence-electron chi connectivity index (χ1n) is 6.83. The highest BCUT2D eigenvalue weighted by Gasteiger charge is 2.19. The smallest absolute Gasteiger partial charge is 0.339 e. The molecule has 2 rings (SSSR count). The minimum Gasteiger partial charge on any atom is -0.478 e. The van der Waals surface area contributed by atoms with Gasteiger partial charge in [-0.05, 0) is 13.0 Å². The highest BCUT2D eigenvalue weighted by atomic mass is 32.1. The van der Waals surface area contributed by atoms with Gasteiger partial charge in [-0.1, -0.05) is 13.8 Å². The molecular weight excluding hydrogens is 304 g/mol. The number of hydrogen-bond acceptors (Lipinski definition) is 5. The van der Waals surface area contributed by atoms with Gasteiger partial charge in [0.1, 0.15) is 22.0 Å². The molecule has 2 aromatic rings. The summed E-state index contributed by atoms with van der Waals surface area (Å²) in [7, 11) is 1.65. The quantitative estimate of drug-likeness (QED) is 0.914. The lowest BCUT2D eigenvalue weighted by Crippen LogP contribution is -2.25. The van der Waals surface area contributed by atoms with Crippen molar-refractivity contribution in [2.45, 2.75) is 33.2 Å². The first kappa shape index (κ1) is 16.2. The van der Waals surface area contributed by atoms with Crippen LogP contribution in [0.1, 0.15) is 56.3 Å². The van der Waals surface area contributed by atoms with Crippen LogP contribution < -0.4 is 0 Å². The molecule has 118 valence electrons. The van der Waals surface area contributed by atoms with Crippen LogP contribution in [-0.2, 0) is 6.54 Å². The molecule has 0 spiro atoms. The third kappa shape index (κ3) is 3.36. The van der Waals surface area contributed by atoms with Crippen LogP contribution in [-0.4, -0.2) is 33.9 Å². The summed E-state index contributed by atoms with van der Waals surface area (Å²) in [5, 5.41) is 9.92. The average Bonchev–Trinajstić information content (AvgIpc) is 3.04. The zero-order valence-electron chi connectivity index (χ0n) is 12.9. The van der Waals surface area contributed by atoms with E-state index in [2.05, 4.69) is 4.98 Å². The molecule has 22 heavy (non-hydrogen) atoms. The number of hydrogen-bond donors (Lipinski definition) is 1. The van der Waals surface area contributed by atoms with Crippen molar-refractivity contribution in [3.8, 4) is 0 Å². The number of nitrogens with zero attached hydrogens (tertiary/aromatic N) is 2. The number of aromatic nitrogens is 1. The normalized spacial score (nSPS) is 11.0. The van der Waals surface area contributed by atoms with Crippen LogP contribution in [0.2, 0.25) is 0 Å². The highest BCUT2D eigenvalue weighted by Crippen LogP contribution is 2.23. The molecule has 1 N–H and O–H groups in total. The Bertz CT molecular complexity index is 702. The second-order valence-electron chi connectivity index (χ2n) is 5.37. The Kier molecular flexibility index (Phi) is 4.65. The summed E-state index contributed by atoms with van der Waals surface area (Å²) >= 11 is 1.37. The van der Waals surface area contributed by atoms with Gasteiger partial charge in [0, 0.05) is 13.0 Å². The van der Waals surface area contributed by atoms with Gasteiger partial charge in [-0.3, -0.25) is 4.79 Å². The third-order valence-electron chi connectivity index (χ3n) is 3.17. The Morgan fingerprint density at radius 3 is 2.64 bits per heavy atom. The first-order chi connectivity index (χ1) is 10.3. The van der Waals surface area contributed by atoms with Crippen LogP contribution in [0.5, 0.6) is 0 Å². The maximum absolute atomic E-state index is 12.3. The fraction of sp³-hybridized carbons (Fsp3) is 0.400. The Morgan fingerprint density at radius 1 is 1.45 bits per heavy atom. The molecule has 0 fully saturated rings. The third-order valence-corrected chi connectivity index (χ3v) is 4.45. The number of aromatic carboxylic acids is 1. The van der Waals surface area contributed by atoms with Crippen molar-refractivity contribution in [2.75, 3.05) is 7.05 Å². The summed E-state index contributed by atoms with van der Waals surface area (Å²) in [5.74, 6) is -0.133. The number of rotatable bonds is 5. The van der Waals surface area contributed by atoms with Crippen molar-refractivity contribution in [2.24, 2.45) is 0 Å². The van der Waals surface area contributed by atoms with E-state index < -0.39 is 5.97 Å². The molecule has 6 nitrogen and oxygen atoms in total. The molecule has 0 aliphatic rings. The number of aryl methyl sites for hydroxylation is 1. The van der Waals surface area contributed by atoms with Crippen LogP contribution in [0.25, 0.3) is 0 Å². The number of carbonyl (C=O) groups excluding carboxylic acids is 1. The molecule has 0 unspecified atom stereocenters. The van der Waals surface area contributed by atoms with Gasteiger partial charge in [-0.25, -0.2) is 9.78 Å². The predicted molar refractivity (Wildman–Crippen MR) is 82.4 cm³/mol. The monoisotopic (exact) mass is 322 g/mol. The minimum absolute atomic E-state index is 0.121. The summed E-state index contributed by atoms with van der Waals surface area (Å²) in [4.78, 5) is 29.6. The molecule has 0 radical (unpaired) electrons. The van der Waals surface area contributed by atoms with Crippen molar-refractivity contribution < 1.29 is 19.1 Å². The van der Waals surface area contributed by atoms with Crippen LogP contribution in [0.15, 0.2) is 16.7 Å². The lowest BCUT2D eigenvalue weighted by atomic mass is 10.2. The summed E-state index contributed by atoms with van der Waals surface area (Å²) < 4.78 is 5.39. The fourth-order valence-corrected chi connectivity index (χ4v) is 2.90. The lowest BCUT2D eigenvalue weighted by molar-refractivity contribution is 0.0694. The summed E-state index contributed by atoms with van der Waals surface area (Å²) in [6, 6.07) is 1.45.